The number of aryl methyl sites for hydroxylation is 1. The Hall–Kier alpha value is -0.960. The van der Waals surface area contributed by atoms with Crippen LogP contribution in [0.25, 0.3) is 0 Å². The fraction of sp³-hybridized carbons (Fsp3) is 0.714. The van der Waals surface area contributed by atoms with Crippen LogP contribution in [0.3, 0.4) is 0 Å². The molecule has 0 unspecified atom stereocenters. The van der Waals surface area contributed by atoms with Gasteiger partial charge >= 0.3 is 0 Å². The zero-order chi connectivity index (χ0) is 13.4. The Bertz CT molecular complexity index is 401. The standard InChI is InChI=1S/C14H25N3/c1-8(2)11-10(4)16-13(9(3)15)17-12(11)14(5,6)7/h8-9H,15H2,1-7H3/t9-/m1/s1. The van der Waals surface area contributed by atoms with Crippen molar-refractivity contribution in [2.24, 2.45) is 5.73 Å². The van der Waals surface area contributed by atoms with Gasteiger partial charge in [0, 0.05) is 11.1 Å². The lowest BCUT2D eigenvalue weighted by molar-refractivity contribution is 0.539. The highest BCUT2D eigenvalue weighted by atomic mass is 14.9. The first-order chi connectivity index (χ1) is 7.64. The Morgan fingerprint density at radius 3 is 1.94 bits per heavy atom. The van der Waals surface area contributed by atoms with Gasteiger partial charge in [0.15, 0.2) is 0 Å². The van der Waals surface area contributed by atoms with Gasteiger partial charge in [-0.25, -0.2) is 9.97 Å². The minimum absolute atomic E-state index is 0.0247. The maximum Gasteiger partial charge on any atom is 0.145 e. The van der Waals surface area contributed by atoms with Crippen LogP contribution in [-0.4, -0.2) is 9.97 Å². The zero-order valence-electron chi connectivity index (χ0n) is 12.1. The summed E-state index contributed by atoms with van der Waals surface area (Å²) in [4.78, 5) is 9.22. The van der Waals surface area contributed by atoms with Crippen molar-refractivity contribution < 1.29 is 0 Å². The minimum Gasteiger partial charge on any atom is -0.322 e. The summed E-state index contributed by atoms with van der Waals surface area (Å²) in [5.74, 6) is 1.18. The molecule has 0 aromatic carbocycles. The van der Waals surface area contributed by atoms with E-state index in [9.17, 15) is 0 Å². The molecule has 2 N–H and O–H groups in total. The van der Waals surface area contributed by atoms with Gasteiger partial charge in [-0.15, -0.1) is 0 Å². The van der Waals surface area contributed by atoms with Crippen molar-refractivity contribution in [2.75, 3.05) is 0 Å². The summed E-state index contributed by atoms with van der Waals surface area (Å²) in [7, 11) is 0. The third-order valence-corrected chi connectivity index (χ3v) is 2.85. The van der Waals surface area contributed by atoms with Crippen LogP contribution in [0.15, 0.2) is 0 Å². The normalized spacial score (nSPS) is 14.2. The molecule has 0 fully saturated rings. The average molecular weight is 235 g/mol. The summed E-state index contributed by atoms with van der Waals surface area (Å²) in [6, 6.07) is -0.115. The van der Waals surface area contributed by atoms with Crippen LogP contribution in [0.2, 0.25) is 0 Å². The Morgan fingerprint density at radius 1 is 1.06 bits per heavy atom. The van der Waals surface area contributed by atoms with E-state index in [1.807, 2.05) is 6.92 Å². The van der Waals surface area contributed by atoms with Crippen molar-refractivity contribution in [1.82, 2.24) is 9.97 Å². The van der Waals surface area contributed by atoms with Crippen molar-refractivity contribution >= 4 is 0 Å². The first kappa shape index (κ1) is 14.1. The number of aromatic nitrogens is 2. The number of hydrogen-bond donors (Lipinski definition) is 1. The predicted octanol–water partition coefficient (Wildman–Crippen LogP) is 3.23. The van der Waals surface area contributed by atoms with Gasteiger partial charge in [0.25, 0.3) is 0 Å². The van der Waals surface area contributed by atoms with Crippen molar-refractivity contribution in [3.05, 3.63) is 22.8 Å². The van der Waals surface area contributed by atoms with Crippen LogP contribution < -0.4 is 5.73 Å². The van der Waals surface area contributed by atoms with Gasteiger partial charge in [0.1, 0.15) is 5.82 Å². The van der Waals surface area contributed by atoms with Gasteiger partial charge in [-0.1, -0.05) is 34.6 Å². The second-order valence-corrected chi connectivity index (χ2v) is 6.12. The second kappa shape index (κ2) is 4.73. The molecule has 0 bridgehead atoms. The number of rotatable bonds is 2. The molecule has 17 heavy (non-hydrogen) atoms. The molecule has 3 nitrogen and oxygen atoms in total. The smallest absolute Gasteiger partial charge is 0.145 e. The van der Waals surface area contributed by atoms with Gasteiger partial charge < -0.3 is 5.73 Å². The SMILES string of the molecule is Cc1nc([C@@H](C)N)nc(C(C)(C)C)c1C(C)C. The van der Waals surface area contributed by atoms with E-state index in [0.29, 0.717) is 5.92 Å². The van der Waals surface area contributed by atoms with Crippen molar-refractivity contribution in [3.63, 3.8) is 0 Å². The predicted molar refractivity (Wildman–Crippen MR) is 72.2 cm³/mol. The summed E-state index contributed by atoms with van der Waals surface area (Å²) >= 11 is 0. The molecule has 0 saturated heterocycles. The number of nitrogens with two attached hydrogens (primary N) is 1. The highest BCUT2D eigenvalue weighted by Gasteiger charge is 2.25. The summed E-state index contributed by atoms with van der Waals surface area (Å²) in [6.07, 6.45) is 0. The largest absolute Gasteiger partial charge is 0.322 e. The molecular weight excluding hydrogens is 210 g/mol. The third kappa shape index (κ3) is 3.03. The monoisotopic (exact) mass is 235 g/mol. The molecule has 96 valence electrons. The molecule has 0 spiro atoms. The third-order valence-electron chi connectivity index (χ3n) is 2.85. The zero-order valence-corrected chi connectivity index (χ0v) is 12.1. The minimum atomic E-state index is -0.115. The molecule has 0 saturated carbocycles. The van der Waals surface area contributed by atoms with E-state index in [-0.39, 0.29) is 11.5 Å². The second-order valence-electron chi connectivity index (χ2n) is 6.12. The Morgan fingerprint density at radius 2 is 1.59 bits per heavy atom. The molecule has 0 aliphatic rings. The molecule has 1 atom stereocenters. The highest BCUT2D eigenvalue weighted by Crippen LogP contribution is 2.31. The van der Waals surface area contributed by atoms with Crippen LogP contribution >= 0.6 is 0 Å². The topological polar surface area (TPSA) is 51.8 Å². The van der Waals surface area contributed by atoms with E-state index in [2.05, 4.69) is 51.5 Å². The van der Waals surface area contributed by atoms with Gasteiger partial charge in [0.2, 0.25) is 0 Å². The van der Waals surface area contributed by atoms with Crippen molar-refractivity contribution in [2.45, 2.75) is 65.8 Å². The highest BCUT2D eigenvalue weighted by molar-refractivity contribution is 5.33. The molecular formula is C14H25N3. The lowest BCUT2D eigenvalue weighted by Gasteiger charge is -2.26. The van der Waals surface area contributed by atoms with Gasteiger partial charge in [0.05, 0.1) is 11.7 Å². The van der Waals surface area contributed by atoms with E-state index >= 15 is 0 Å². The first-order valence-electron chi connectivity index (χ1n) is 6.29. The van der Waals surface area contributed by atoms with E-state index in [0.717, 1.165) is 17.2 Å². The quantitative estimate of drug-likeness (QED) is 0.856. The molecule has 0 aliphatic carbocycles. The molecule has 3 heteroatoms. The van der Waals surface area contributed by atoms with Crippen LogP contribution in [0, 0.1) is 6.92 Å². The lowest BCUT2D eigenvalue weighted by Crippen LogP contribution is -2.23. The Balaban J connectivity index is 3.51. The van der Waals surface area contributed by atoms with E-state index in [1.165, 1.54) is 5.56 Å². The maximum atomic E-state index is 5.90. The Kier molecular flexibility index (Phi) is 3.92. The van der Waals surface area contributed by atoms with E-state index < -0.39 is 0 Å². The van der Waals surface area contributed by atoms with Crippen LogP contribution in [0.4, 0.5) is 0 Å². The first-order valence-corrected chi connectivity index (χ1v) is 6.29. The van der Waals surface area contributed by atoms with Crippen LogP contribution in [0.5, 0.6) is 0 Å². The van der Waals surface area contributed by atoms with Gasteiger partial charge in [-0.05, 0) is 25.3 Å². The van der Waals surface area contributed by atoms with Crippen molar-refractivity contribution in [1.29, 1.82) is 0 Å². The molecule has 1 heterocycles. The van der Waals surface area contributed by atoms with Gasteiger partial charge in [-0.2, -0.15) is 0 Å². The molecule has 1 aromatic rings. The lowest BCUT2D eigenvalue weighted by atomic mass is 9.84. The molecule has 0 amide bonds. The van der Waals surface area contributed by atoms with E-state index in [1.54, 1.807) is 0 Å². The van der Waals surface area contributed by atoms with Crippen molar-refractivity contribution in [3.8, 4) is 0 Å². The molecule has 1 rings (SSSR count). The summed E-state index contributed by atoms with van der Waals surface area (Å²) in [6.45, 7) is 14.9. The summed E-state index contributed by atoms with van der Waals surface area (Å²) in [5, 5.41) is 0. The maximum absolute atomic E-state index is 5.90. The van der Waals surface area contributed by atoms with Gasteiger partial charge in [-0.3, -0.25) is 0 Å². The van der Waals surface area contributed by atoms with Crippen LogP contribution in [-0.2, 0) is 5.41 Å². The van der Waals surface area contributed by atoms with Crippen LogP contribution in [0.1, 0.15) is 76.3 Å². The number of hydrogen-bond acceptors (Lipinski definition) is 3. The van der Waals surface area contributed by atoms with E-state index in [4.69, 9.17) is 5.73 Å². The Labute approximate surface area is 105 Å². The molecule has 0 radical (unpaired) electrons. The fourth-order valence-electron chi connectivity index (χ4n) is 2.07. The molecule has 0 aliphatic heterocycles. The average Bonchev–Trinajstić information content (AvgIpc) is 2.14. The number of nitrogens with zero attached hydrogens (tertiary/aromatic N) is 2. The summed E-state index contributed by atoms with van der Waals surface area (Å²) < 4.78 is 0. The molecule has 1 aromatic heterocycles. The fourth-order valence-corrected chi connectivity index (χ4v) is 2.07. The summed E-state index contributed by atoms with van der Waals surface area (Å²) in [5.41, 5.74) is 9.38.